The van der Waals surface area contributed by atoms with Gasteiger partial charge in [-0.15, -0.1) is 16.4 Å². The van der Waals surface area contributed by atoms with E-state index in [-0.39, 0.29) is 0 Å². The van der Waals surface area contributed by atoms with Crippen molar-refractivity contribution in [2.24, 2.45) is 5.41 Å². The first kappa shape index (κ1) is 17.9. The molecular weight excluding hydrogens is 396 g/mol. The number of thiophene rings is 1. The van der Waals surface area contributed by atoms with Crippen LogP contribution in [0.3, 0.4) is 0 Å². The fourth-order valence-electron chi connectivity index (χ4n) is 4.78. The van der Waals surface area contributed by atoms with Crippen LogP contribution in [0.4, 0.5) is 11.8 Å². The minimum Gasteiger partial charge on any atom is -0.366 e. The van der Waals surface area contributed by atoms with Crippen molar-refractivity contribution in [1.82, 2.24) is 30.1 Å². The van der Waals surface area contributed by atoms with E-state index in [0.717, 1.165) is 75.0 Å². The van der Waals surface area contributed by atoms with Gasteiger partial charge in [0.15, 0.2) is 0 Å². The van der Waals surface area contributed by atoms with E-state index in [1.165, 1.54) is 0 Å². The molecule has 5 heterocycles. The van der Waals surface area contributed by atoms with E-state index < -0.39 is 0 Å². The first-order chi connectivity index (χ1) is 14.5. The van der Waals surface area contributed by atoms with Crippen molar-refractivity contribution in [2.45, 2.75) is 39.7 Å². The lowest BCUT2D eigenvalue weighted by atomic mass is 9.61. The molecule has 8 nitrogen and oxygen atoms in total. The van der Waals surface area contributed by atoms with Gasteiger partial charge in [-0.1, -0.05) is 0 Å². The molecule has 0 bridgehead atoms. The van der Waals surface area contributed by atoms with Crippen LogP contribution in [-0.2, 0) is 0 Å². The third-order valence-electron chi connectivity index (χ3n) is 6.46. The fraction of sp³-hybridized carbons (Fsp3) is 0.429. The highest BCUT2D eigenvalue weighted by molar-refractivity contribution is 7.25. The van der Waals surface area contributed by atoms with E-state index in [1.807, 2.05) is 26.2 Å². The predicted octanol–water partition coefficient (Wildman–Crippen LogP) is 3.43. The van der Waals surface area contributed by atoms with Gasteiger partial charge in [-0.25, -0.2) is 19.9 Å². The molecule has 0 unspecified atom stereocenters. The zero-order valence-corrected chi connectivity index (χ0v) is 18.0. The second-order valence-corrected chi connectivity index (χ2v) is 9.76. The number of nitrogens with zero attached hydrogens (tertiary/aromatic N) is 7. The van der Waals surface area contributed by atoms with Crippen LogP contribution in [0.25, 0.3) is 20.4 Å². The van der Waals surface area contributed by atoms with Gasteiger partial charge in [0.25, 0.3) is 0 Å². The lowest BCUT2D eigenvalue weighted by Crippen LogP contribution is -2.65. The predicted molar refractivity (Wildman–Crippen MR) is 118 cm³/mol. The maximum atomic E-state index is 4.56. The second-order valence-electron chi connectivity index (χ2n) is 8.76. The first-order valence-corrected chi connectivity index (χ1v) is 11.0. The second kappa shape index (κ2) is 6.28. The molecule has 0 aromatic carbocycles. The Morgan fingerprint density at radius 1 is 1.03 bits per heavy atom. The van der Waals surface area contributed by atoms with Gasteiger partial charge in [-0.3, -0.25) is 0 Å². The molecule has 30 heavy (non-hydrogen) atoms. The van der Waals surface area contributed by atoms with Gasteiger partial charge in [0.05, 0.1) is 15.9 Å². The number of rotatable bonds is 3. The summed E-state index contributed by atoms with van der Waals surface area (Å²) < 4.78 is 1.07. The summed E-state index contributed by atoms with van der Waals surface area (Å²) in [5, 5.41) is 13.4. The number of aryl methyl sites for hydroxylation is 3. The number of aromatic nitrogens is 6. The SMILES string of the molecule is Cc1cnc(N2CC3(CC(Nc4ncnc5c4sc4nnc(C)c(C)c45)C3)C2)nc1. The maximum absolute atomic E-state index is 4.56. The lowest BCUT2D eigenvalue weighted by Gasteiger charge is -2.59. The third kappa shape index (κ3) is 2.64. The smallest absolute Gasteiger partial charge is 0.225 e. The Hall–Kier alpha value is -2.94. The minimum absolute atomic E-state index is 0.386. The molecule has 9 heteroatoms. The number of anilines is 2. The summed E-state index contributed by atoms with van der Waals surface area (Å²) in [5.74, 6) is 1.76. The van der Waals surface area contributed by atoms with Gasteiger partial charge in [-0.2, -0.15) is 5.10 Å². The Bertz CT molecular complexity index is 1270. The van der Waals surface area contributed by atoms with Crippen LogP contribution in [0.5, 0.6) is 0 Å². The highest BCUT2D eigenvalue weighted by atomic mass is 32.1. The van der Waals surface area contributed by atoms with E-state index in [1.54, 1.807) is 17.7 Å². The number of hydrogen-bond acceptors (Lipinski definition) is 9. The largest absolute Gasteiger partial charge is 0.366 e. The van der Waals surface area contributed by atoms with Gasteiger partial charge in [0.1, 0.15) is 17.0 Å². The molecule has 4 aromatic rings. The van der Waals surface area contributed by atoms with Crippen LogP contribution in [-0.4, -0.2) is 49.3 Å². The van der Waals surface area contributed by atoms with Gasteiger partial charge in [0.2, 0.25) is 5.95 Å². The van der Waals surface area contributed by atoms with Crippen LogP contribution in [0.15, 0.2) is 18.7 Å². The summed E-state index contributed by atoms with van der Waals surface area (Å²) >= 11 is 1.62. The standard InChI is InChI=1S/C21H22N8S/c1-11-6-22-20(23-7-11)29-8-21(9-29)4-14(5-21)26-18-17-16(24-10-25-18)15-12(2)13(3)27-28-19(15)30-17/h6-7,10,14H,4-5,8-9H2,1-3H3,(H,24,25,26). The third-order valence-corrected chi connectivity index (χ3v) is 7.53. The average Bonchev–Trinajstić information content (AvgIpc) is 3.07. The minimum atomic E-state index is 0.386. The van der Waals surface area contributed by atoms with E-state index >= 15 is 0 Å². The molecule has 2 fully saturated rings. The molecule has 1 aliphatic heterocycles. The van der Waals surface area contributed by atoms with Gasteiger partial charge >= 0.3 is 0 Å². The highest BCUT2D eigenvalue weighted by Gasteiger charge is 2.53. The van der Waals surface area contributed by atoms with Crippen molar-refractivity contribution < 1.29 is 0 Å². The summed E-state index contributed by atoms with van der Waals surface area (Å²) in [4.78, 5) is 21.2. The number of fused-ring (bicyclic) bond motifs is 3. The van der Waals surface area contributed by atoms with Crippen LogP contribution < -0.4 is 10.2 Å². The molecule has 2 aliphatic rings. The summed E-state index contributed by atoms with van der Waals surface area (Å²) in [6.45, 7) is 8.15. The van der Waals surface area contributed by atoms with Crippen molar-refractivity contribution in [3.8, 4) is 0 Å². The quantitative estimate of drug-likeness (QED) is 0.541. The molecule has 152 valence electrons. The fourth-order valence-corrected chi connectivity index (χ4v) is 5.86. The molecule has 1 spiro atoms. The Balaban J connectivity index is 1.18. The topological polar surface area (TPSA) is 92.6 Å². The molecular formula is C21H22N8S. The van der Waals surface area contributed by atoms with Crippen LogP contribution in [0.1, 0.15) is 29.7 Å². The van der Waals surface area contributed by atoms with Crippen molar-refractivity contribution in [3.05, 3.63) is 35.5 Å². The van der Waals surface area contributed by atoms with Crippen LogP contribution >= 0.6 is 11.3 Å². The lowest BCUT2D eigenvalue weighted by molar-refractivity contribution is 0.0736. The van der Waals surface area contributed by atoms with Crippen LogP contribution in [0.2, 0.25) is 0 Å². The maximum Gasteiger partial charge on any atom is 0.225 e. The zero-order valence-electron chi connectivity index (χ0n) is 17.2. The summed E-state index contributed by atoms with van der Waals surface area (Å²) in [5.41, 5.74) is 4.55. The Kier molecular flexibility index (Phi) is 3.74. The monoisotopic (exact) mass is 418 g/mol. The molecule has 6 rings (SSSR count). The van der Waals surface area contributed by atoms with Crippen molar-refractivity contribution in [3.63, 3.8) is 0 Å². The van der Waals surface area contributed by atoms with E-state index in [0.29, 0.717) is 11.5 Å². The number of hydrogen-bond donors (Lipinski definition) is 1. The van der Waals surface area contributed by atoms with E-state index in [9.17, 15) is 0 Å². The molecule has 0 atom stereocenters. The van der Waals surface area contributed by atoms with Crippen LogP contribution in [0, 0.1) is 26.2 Å². The molecule has 1 saturated carbocycles. The zero-order chi connectivity index (χ0) is 20.5. The Morgan fingerprint density at radius 3 is 2.57 bits per heavy atom. The summed E-state index contributed by atoms with van der Waals surface area (Å²) in [7, 11) is 0. The normalized spacial score (nSPS) is 18.0. The molecule has 1 saturated heterocycles. The van der Waals surface area contributed by atoms with E-state index in [2.05, 4.69) is 47.3 Å². The Morgan fingerprint density at radius 2 is 1.80 bits per heavy atom. The summed E-state index contributed by atoms with van der Waals surface area (Å²) in [6, 6.07) is 0.434. The van der Waals surface area contributed by atoms with Gasteiger partial charge in [-0.05, 0) is 44.7 Å². The van der Waals surface area contributed by atoms with Gasteiger partial charge < -0.3 is 10.2 Å². The molecule has 0 amide bonds. The van der Waals surface area contributed by atoms with Crippen molar-refractivity contribution in [2.75, 3.05) is 23.3 Å². The van der Waals surface area contributed by atoms with E-state index in [4.69, 9.17) is 0 Å². The molecule has 1 N–H and O–H groups in total. The van der Waals surface area contributed by atoms with Crippen molar-refractivity contribution in [1.29, 1.82) is 0 Å². The first-order valence-electron chi connectivity index (χ1n) is 10.2. The van der Waals surface area contributed by atoms with Crippen molar-refractivity contribution >= 4 is 43.5 Å². The average molecular weight is 419 g/mol. The molecule has 4 aromatic heterocycles. The number of nitrogens with one attached hydrogen (secondary N) is 1. The van der Waals surface area contributed by atoms with Gasteiger partial charge in [0, 0.05) is 42.3 Å². The summed E-state index contributed by atoms with van der Waals surface area (Å²) in [6.07, 6.45) is 7.71. The highest BCUT2D eigenvalue weighted by Crippen LogP contribution is 2.50. The molecule has 0 radical (unpaired) electrons. The molecule has 1 aliphatic carbocycles. The Labute approximate surface area is 177 Å².